The number of aromatic nitrogens is 3. The number of carbonyl (C=O) groups is 1. The number of aromatic amines is 1. The van der Waals surface area contributed by atoms with Crippen LogP contribution in [0.3, 0.4) is 0 Å². The van der Waals surface area contributed by atoms with Crippen LogP contribution in [0.5, 0.6) is 0 Å². The van der Waals surface area contributed by atoms with Crippen molar-refractivity contribution in [1.82, 2.24) is 15.0 Å². The molecule has 1 amide bonds. The van der Waals surface area contributed by atoms with Gasteiger partial charge in [0, 0.05) is 5.69 Å². The highest BCUT2D eigenvalue weighted by Gasteiger charge is 2.09. The lowest BCUT2D eigenvalue weighted by Crippen LogP contribution is -2.13. The first-order valence-corrected chi connectivity index (χ1v) is 6.81. The third-order valence-electron chi connectivity index (χ3n) is 2.81. The lowest BCUT2D eigenvalue weighted by molar-refractivity contribution is 0.102. The number of anilines is 1. The summed E-state index contributed by atoms with van der Waals surface area (Å²) in [5, 5.41) is 2.82. The summed E-state index contributed by atoms with van der Waals surface area (Å²) in [5.41, 5.74) is 2.83. The van der Waals surface area contributed by atoms with Crippen molar-refractivity contribution in [3.8, 4) is 0 Å². The largest absolute Gasteiger partial charge is 0.342 e. The number of nitrogens with zero attached hydrogens (tertiary/aromatic N) is 2. The van der Waals surface area contributed by atoms with E-state index >= 15 is 0 Å². The molecule has 1 aromatic carbocycles. The number of fused-ring (bicyclic) bond motifs is 1. The van der Waals surface area contributed by atoms with Crippen molar-refractivity contribution in [1.29, 1.82) is 0 Å². The van der Waals surface area contributed by atoms with E-state index in [9.17, 15) is 4.79 Å². The van der Waals surface area contributed by atoms with Crippen molar-refractivity contribution in [3.05, 3.63) is 52.5 Å². The molecule has 0 saturated carbocycles. The quantitative estimate of drug-likeness (QED) is 0.708. The fourth-order valence-electron chi connectivity index (χ4n) is 1.94. The molecule has 2 N–H and O–H groups in total. The summed E-state index contributed by atoms with van der Waals surface area (Å²) in [6.45, 7) is 1.89. The van der Waals surface area contributed by atoms with Crippen LogP contribution in [-0.4, -0.2) is 20.9 Å². The summed E-state index contributed by atoms with van der Waals surface area (Å²) >= 11 is 3.25. The molecule has 0 aliphatic heterocycles. The average Bonchev–Trinajstić information content (AvgIpc) is 2.78. The van der Waals surface area contributed by atoms with Crippen molar-refractivity contribution in [2.24, 2.45) is 0 Å². The Morgan fingerprint density at radius 3 is 2.90 bits per heavy atom. The Morgan fingerprint density at radius 1 is 1.25 bits per heavy atom. The molecule has 0 radical (unpaired) electrons. The summed E-state index contributed by atoms with van der Waals surface area (Å²) in [6, 6.07) is 10.7. The molecule has 5 nitrogen and oxygen atoms in total. The second-order valence-corrected chi connectivity index (χ2v) is 5.17. The van der Waals surface area contributed by atoms with Gasteiger partial charge in [-0.3, -0.25) is 4.79 Å². The molecule has 2 aromatic heterocycles. The van der Waals surface area contributed by atoms with Gasteiger partial charge in [0.05, 0.1) is 11.0 Å². The van der Waals surface area contributed by atoms with Gasteiger partial charge in [0.15, 0.2) is 0 Å². The Kier molecular flexibility index (Phi) is 3.23. The standard InChI is InChI=1S/C14H11BrN4O/c1-8-16-10-6-5-9(7-12(10)17-8)18-14(20)11-3-2-4-13(15)19-11/h2-7H,1H3,(H,16,17)(H,18,20). The van der Waals surface area contributed by atoms with E-state index in [1.54, 1.807) is 18.2 Å². The van der Waals surface area contributed by atoms with Crippen LogP contribution in [0.25, 0.3) is 11.0 Å². The fourth-order valence-corrected chi connectivity index (χ4v) is 2.29. The minimum absolute atomic E-state index is 0.248. The van der Waals surface area contributed by atoms with Gasteiger partial charge in [-0.05, 0) is 53.2 Å². The summed E-state index contributed by atoms with van der Waals surface area (Å²) in [4.78, 5) is 23.7. The monoisotopic (exact) mass is 330 g/mol. The molecule has 0 bridgehead atoms. The normalized spacial score (nSPS) is 10.7. The van der Waals surface area contributed by atoms with Crippen LogP contribution in [0.4, 0.5) is 5.69 Å². The highest BCUT2D eigenvalue weighted by molar-refractivity contribution is 9.10. The molecule has 0 atom stereocenters. The topological polar surface area (TPSA) is 70.7 Å². The molecular weight excluding hydrogens is 320 g/mol. The third-order valence-corrected chi connectivity index (χ3v) is 3.25. The van der Waals surface area contributed by atoms with Crippen LogP contribution < -0.4 is 5.32 Å². The van der Waals surface area contributed by atoms with Crippen molar-refractivity contribution >= 4 is 38.6 Å². The maximum absolute atomic E-state index is 12.1. The van der Waals surface area contributed by atoms with E-state index in [4.69, 9.17) is 0 Å². The Bertz CT molecular complexity index is 797. The molecule has 3 aromatic rings. The SMILES string of the molecule is Cc1nc2ccc(NC(=O)c3cccc(Br)n3)cc2[nH]1. The number of H-pyrrole nitrogens is 1. The van der Waals surface area contributed by atoms with Gasteiger partial charge in [0.25, 0.3) is 5.91 Å². The molecule has 0 spiro atoms. The molecule has 2 heterocycles. The Labute approximate surface area is 123 Å². The zero-order valence-electron chi connectivity index (χ0n) is 10.6. The van der Waals surface area contributed by atoms with E-state index in [1.807, 2.05) is 25.1 Å². The number of hydrogen-bond donors (Lipinski definition) is 2. The maximum atomic E-state index is 12.1. The Hall–Kier alpha value is -2.21. The molecule has 3 rings (SSSR count). The number of rotatable bonds is 2. The molecule has 20 heavy (non-hydrogen) atoms. The molecule has 0 unspecified atom stereocenters. The van der Waals surface area contributed by atoms with Gasteiger partial charge in [-0.15, -0.1) is 0 Å². The van der Waals surface area contributed by atoms with Gasteiger partial charge >= 0.3 is 0 Å². The first kappa shape index (κ1) is 12.8. The van der Waals surface area contributed by atoms with E-state index in [-0.39, 0.29) is 5.91 Å². The first-order chi connectivity index (χ1) is 9.61. The van der Waals surface area contributed by atoms with Crippen LogP contribution >= 0.6 is 15.9 Å². The predicted molar refractivity (Wildman–Crippen MR) is 80.7 cm³/mol. The highest BCUT2D eigenvalue weighted by Crippen LogP contribution is 2.18. The Balaban J connectivity index is 1.87. The van der Waals surface area contributed by atoms with Gasteiger partial charge < -0.3 is 10.3 Å². The molecule has 0 aliphatic rings. The van der Waals surface area contributed by atoms with Crippen molar-refractivity contribution in [2.45, 2.75) is 6.92 Å². The van der Waals surface area contributed by atoms with E-state index < -0.39 is 0 Å². The average molecular weight is 331 g/mol. The number of hydrogen-bond acceptors (Lipinski definition) is 3. The number of nitrogens with one attached hydrogen (secondary N) is 2. The number of halogens is 1. The minimum atomic E-state index is -0.248. The summed E-state index contributed by atoms with van der Waals surface area (Å²) in [6.07, 6.45) is 0. The summed E-state index contributed by atoms with van der Waals surface area (Å²) < 4.78 is 0.629. The maximum Gasteiger partial charge on any atom is 0.274 e. The van der Waals surface area contributed by atoms with Crippen molar-refractivity contribution in [2.75, 3.05) is 5.32 Å². The lowest BCUT2D eigenvalue weighted by Gasteiger charge is -2.04. The first-order valence-electron chi connectivity index (χ1n) is 6.02. The zero-order chi connectivity index (χ0) is 14.1. The lowest BCUT2D eigenvalue weighted by atomic mass is 10.2. The second kappa shape index (κ2) is 5.05. The Morgan fingerprint density at radius 2 is 2.10 bits per heavy atom. The number of carbonyl (C=O) groups excluding carboxylic acids is 1. The predicted octanol–water partition coefficient (Wildman–Crippen LogP) is 3.28. The van der Waals surface area contributed by atoms with Crippen LogP contribution in [0.1, 0.15) is 16.3 Å². The second-order valence-electron chi connectivity index (χ2n) is 4.35. The van der Waals surface area contributed by atoms with Crippen LogP contribution in [0.2, 0.25) is 0 Å². The van der Waals surface area contributed by atoms with Gasteiger partial charge in [0.2, 0.25) is 0 Å². The van der Waals surface area contributed by atoms with Crippen LogP contribution in [0.15, 0.2) is 41.0 Å². The molecule has 0 saturated heterocycles. The number of imidazole rings is 1. The third kappa shape index (κ3) is 2.55. The molecule has 6 heteroatoms. The number of amides is 1. The van der Waals surface area contributed by atoms with Gasteiger partial charge in [-0.25, -0.2) is 9.97 Å². The van der Waals surface area contributed by atoms with Gasteiger partial charge in [0.1, 0.15) is 16.1 Å². The van der Waals surface area contributed by atoms with E-state index in [2.05, 4.69) is 36.2 Å². The summed E-state index contributed by atoms with van der Waals surface area (Å²) in [7, 11) is 0. The smallest absolute Gasteiger partial charge is 0.274 e. The number of aryl methyl sites for hydroxylation is 1. The van der Waals surface area contributed by atoms with Crippen LogP contribution in [-0.2, 0) is 0 Å². The van der Waals surface area contributed by atoms with Crippen LogP contribution in [0, 0.1) is 6.92 Å². The van der Waals surface area contributed by atoms with Gasteiger partial charge in [-0.1, -0.05) is 6.07 Å². The van der Waals surface area contributed by atoms with Crippen molar-refractivity contribution < 1.29 is 4.79 Å². The fraction of sp³-hybridized carbons (Fsp3) is 0.0714. The molecular formula is C14H11BrN4O. The molecule has 0 fully saturated rings. The summed E-state index contributed by atoms with van der Waals surface area (Å²) in [5.74, 6) is 0.596. The molecule has 100 valence electrons. The molecule has 0 aliphatic carbocycles. The van der Waals surface area contributed by atoms with E-state index in [0.717, 1.165) is 16.9 Å². The highest BCUT2D eigenvalue weighted by atomic mass is 79.9. The van der Waals surface area contributed by atoms with Crippen molar-refractivity contribution in [3.63, 3.8) is 0 Å². The number of benzene rings is 1. The van der Waals surface area contributed by atoms with E-state index in [1.165, 1.54) is 0 Å². The zero-order valence-corrected chi connectivity index (χ0v) is 12.2. The number of pyridine rings is 1. The van der Waals surface area contributed by atoms with E-state index in [0.29, 0.717) is 16.0 Å². The minimum Gasteiger partial charge on any atom is -0.342 e. The van der Waals surface area contributed by atoms with Gasteiger partial charge in [-0.2, -0.15) is 0 Å².